The van der Waals surface area contributed by atoms with Crippen LogP contribution in [0.1, 0.15) is 74.5 Å². The van der Waals surface area contributed by atoms with E-state index in [4.69, 9.17) is 5.73 Å². The lowest BCUT2D eigenvalue weighted by molar-refractivity contribution is 0.0820. The molecule has 2 amide bonds. The molecule has 3 aromatic rings. The van der Waals surface area contributed by atoms with Crippen LogP contribution in [0.25, 0.3) is 0 Å². The summed E-state index contributed by atoms with van der Waals surface area (Å²) in [5.74, 6) is 0.470. The summed E-state index contributed by atoms with van der Waals surface area (Å²) in [7, 11) is 7.02. The molecule has 36 heavy (non-hydrogen) atoms. The lowest BCUT2D eigenvalue weighted by atomic mass is 9.60. The van der Waals surface area contributed by atoms with Crippen LogP contribution in [-0.2, 0) is 18.3 Å². The molecule has 0 unspecified atom stereocenters. The van der Waals surface area contributed by atoms with Crippen molar-refractivity contribution in [2.45, 2.75) is 49.5 Å². The van der Waals surface area contributed by atoms with Crippen molar-refractivity contribution < 1.29 is 9.59 Å². The number of aryl methyl sites for hydroxylation is 2. The highest BCUT2D eigenvalue weighted by Crippen LogP contribution is 2.51. The molecule has 0 aliphatic heterocycles. The van der Waals surface area contributed by atoms with Crippen molar-refractivity contribution in [3.63, 3.8) is 0 Å². The van der Waals surface area contributed by atoms with Crippen molar-refractivity contribution >= 4 is 11.8 Å². The first-order valence-corrected chi connectivity index (χ1v) is 12.4. The van der Waals surface area contributed by atoms with E-state index >= 15 is 0 Å². The van der Waals surface area contributed by atoms with Gasteiger partial charge in [0.05, 0.1) is 5.41 Å². The lowest BCUT2D eigenvalue weighted by Gasteiger charge is -2.46. The van der Waals surface area contributed by atoms with Gasteiger partial charge in [0.15, 0.2) is 5.82 Å². The molecular formula is C27H33N7O2. The Hall–Kier alpha value is -3.59. The molecule has 5 rings (SSSR count). The summed E-state index contributed by atoms with van der Waals surface area (Å²) in [6.45, 7) is 0. The molecular weight excluding hydrogens is 454 g/mol. The van der Waals surface area contributed by atoms with Crippen LogP contribution >= 0.6 is 0 Å². The molecule has 9 nitrogen and oxygen atoms in total. The van der Waals surface area contributed by atoms with Gasteiger partial charge >= 0.3 is 0 Å². The number of H-pyrrole nitrogens is 1. The Kier molecular flexibility index (Phi) is 5.90. The molecule has 2 aliphatic rings. The third-order valence-corrected chi connectivity index (χ3v) is 7.79. The van der Waals surface area contributed by atoms with E-state index < -0.39 is 5.41 Å². The van der Waals surface area contributed by atoms with Crippen LogP contribution in [0, 0.1) is 0 Å². The molecule has 1 saturated carbocycles. The SMILES string of the molecule is CN(C)C(=O)c1ccc2c(c1)CCc1cc(C(=O)N(C)C)ccc1C2(CC1(N)CCC1)c1nn[nH]n1. The molecule has 2 aliphatic carbocycles. The van der Waals surface area contributed by atoms with Crippen LogP contribution in [0.2, 0.25) is 0 Å². The summed E-state index contributed by atoms with van der Waals surface area (Å²) in [6.07, 6.45) is 4.98. The van der Waals surface area contributed by atoms with E-state index in [1.165, 1.54) is 0 Å². The number of carbonyl (C=O) groups is 2. The fourth-order valence-corrected chi connectivity index (χ4v) is 5.82. The smallest absolute Gasteiger partial charge is 0.253 e. The lowest BCUT2D eigenvalue weighted by Crippen LogP contribution is -2.52. The predicted octanol–water partition coefficient (Wildman–Crippen LogP) is 2.31. The molecule has 9 heteroatoms. The van der Waals surface area contributed by atoms with Gasteiger partial charge in [0.25, 0.3) is 11.8 Å². The van der Waals surface area contributed by atoms with E-state index in [2.05, 4.69) is 20.6 Å². The van der Waals surface area contributed by atoms with Gasteiger partial charge in [-0.15, -0.1) is 10.2 Å². The molecule has 3 N–H and O–H groups in total. The number of nitrogens with zero attached hydrogens (tertiary/aromatic N) is 5. The second kappa shape index (κ2) is 8.81. The molecule has 0 atom stereocenters. The largest absolute Gasteiger partial charge is 0.345 e. The van der Waals surface area contributed by atoms with Gasteiger partial charge in [-0.05, 0) is 85.0 Å². The minimum Gasteiger partial charge on any atom is -0.345 e. The van der Waals surface area contributed by atoms with Crippen molar-refractivity contribution in [1.29, 1.82) is 0 Å². The Labute approximate surface area is 211 Å². The average Bonchev–Trinajstić information content (AvgIpc) is 3.35. The van der Waals surface area contributed by atoms with Gasteiger partial charge in [-0.2, -0.15) is 5.21 Å². The number of tetrazole rings is 1. The summed E-state index contributed by atoms with van der Waals surface area (Å²) in [6, 6.07) is 11.8. The standard InChI is InChI=1S/C27H33N7O2/c1-33(2)23(35)19-8-10-21-17(14-19)6-7-18-15-20(24(36)34(3)4)9-11-22(18)27(21,25-29-31-32-30-25)16-26(28)12-5-13-26/h8-11,14-15H,5-7,12-13,16,28H2,1-4H3,(H,29,30,31,32). The Morgan fingerprint density at radius 1 is 0.917 bits per heavy atom. The molecule has 0 bridgehead atoms. The van der Waals surface area contributed by atoms with E-state index in [1.54, 1.807) is 38.0 Å². The van der Waals surface area contributed by atoms with Crippen molar-refractivity contribution in [3.05, 3.63) is 75.6 Å². The Balaban J connectivity index is 1.77. The second-order valence-corrected chi connectivity index (χ2v) is 10.7. The molecule has 0 radical (unpaired) electrons. The van der Waals surface area contributed by atoms with Crippen LogP contribution < -0.4 is 5.73 Å². The number of nitrogens with one attached hydrogen (secondary N) is 1. The molecule has 2 aromatic carbocycles. The highest BCUT2D eigenvalue weighted by Gasteiger charge is 2.50. The zero-order valence-corrected chi connectivity index (χ0v) is 21.3. The molecule has 0 saturated heterocycles. The summed E-state index contributed by atoms with van der Waals surface area (Å²) in [5, 5.41) is 15.6. The Morgan fingerprint density at radius 2 is 1.44 bits per heavy atom. The van der Waals surface area contributed by atoms with Gasteiger partial charge < -0.3 is 15.5 Å². The fourth-order valence-electron chi connectivity index (χ4n) is 5.82. The molecule has 0 spiro atoms. The van der Waals surface area contributed by atoms with Gasteiger partial charge in [0.2, 0.25) is 0 Å². The number of aromatic nitrogens is 4. The van der Waals surface area contributed by atoms with E-state index in [0.717, 1.165) is 41.5 Å². The van der Waals surface area contributed by atoms with Gasteiger partial charge in [0.1, 0.15) is 0 Å². The Morgan fingerprint density at radius 3 is 1.83 bits per heavy atom. The number of fused-ring (bicyclic) bond motifs is 2. The van der Waals surface area contributed by atoms with Crippen molar-refractivity contribution in [1.82, 2.24) is 30.4 Å². The molecule has 1 aromatic heterocycles. The first kappa shape index (κ1) is 24.1. The third-order valence-electron chi connectivity index (χ3n) is 7.79. The van der Waals surface area contributed by atoms with Crippen LogP contribution in [0.3, 0.4) is 0 Å². The van der Waals surface area contributed by atoms with Crippen LogP contribution in [0.4, 0.5) is 0 Å². The maximum absolute atomic E-state index is 12.8. The zero-order valence-electron chi connectivity index (χ0n) is 21.3. The number of amides is 2. The number of hydrogen-bond acceptors (Lipinski definition) is 6. The summed E-state index contributed by atoms with van der Waals surface area (Å²) < 4.78 is 0. The fraction of sp³-hybridized carbons (Fsp3) is 0.444. The number of nitrogens with two attached hydrogens (primary N) is 1. The Bertz CT molecular complexity index is 1240. The first-order chi connectivity index (χ1) is 17.1. The summed E-state index contributed by atoms with van der Waals surface area (Å²) in [5.41, 5.74) is 11.3. The number of aromatic amines is 1. The van der Waals surface area contributed by atoms with E-state index in [-0.39, 0.29) is 17.4 Å². The van der Waals surface area contributed by atoms with E-state index in [0.29, 0.717) is 36.2 Å². The maximum atomic E-state index is 12.8. The van der Waals surface area contributed by atoms with Crippen molar-refractivity contribution in [2.75, 3.05) is 28.2 Å². The molecule has 1 heterocycles. The second-order valence-electron chi connectivity index (χ2n) is 10.7. The highest BCUT2D eigenvalue weighted by atomic mass is 16.2. The topological polar surface area (TPSA) is 121 Å². The van der Waals surface area contributed by atoms with Gasteiger partial charge in [-0.25, -0.2) is 0 Å². The molecule has 1 fully saturated rings. The quantitative estimate of drug-likeness (QED) is 0.570. The summed E-state index contributed by atoms with van der Waals surface area (Å²) in [4.78, 5) is 28.8. The monoisotopic (exact) mass is 487 g/mol. The van der Waals surface area contributed by atoms with E-state index in [1.807, 2.05) is 36.4 Å². The minimum absolute atomic E-state index is 0.0436. The van der Waals surface area contributed by atoms with Gasteiger partial charge in [0, 0.05) is 44.9 Å². The first-order valence-electron chi connectivity index (χ1n) is 12.4. The molecule has 188 valence electrons. The normalized spacial score (nSPS) is 17.2. The summed E-state index contributed by atoms with van der Waals surface area (Å²) >= 11 is 0. The van der Waals surface area contributed by atoms with Crippen LogP contribution in [0.5, 0.6) is 0 Å². The predicted molar refractivity (Wildman–Crippen MR) is 136 cm³/mol. The van der Waals surface area contributed by atoms with Gasteiger partial charge in [-0.3, -0.25) is 9.59 Å². The average molecular weight is 488 g/mol. The van der Waals surface area contributed by atoms with Crippen molar-refractivity contribution in [3.8, 4) is 0 Å². The van der Waals surface area contributed by atoms with Gasteiger partial charge in [-0.1, -0.05) is 17.3 Å². The number of rotatable bonds is 5. The number of hydrogen-bond donors (Lipinski definition) is 2. The van der Waals surface area contributed by atoms with Crippen LogP contribution in [0.15, 0.2) is 36.4 Å². The van der Waals surface area contributed by atoms with Crippen LogP contribution in [-0.4, -0.2) is 76.0 Å². The van der Waals surface area contributed by atoms with E-state index in [9.17, 15) is 9.59 Å². The zero-order chi connectivity index (χ0) is 25.7. The third kappa shape index (κ3) is 3.87. The minimum atomic E-state index is -0.761. The number of carbonyl (C=O) groups excluding carboxylic acids is 2. The highest BCUT2D eigenvalue weighted by molar-refractivity contribution is 5.95. The number of benzene rings is 2. The maximum Gasteiger partial charge on any atom is 0.253 e. The van der Waals surface area contributed by atoms with Crippen molar-refractivity contribution in [2.24, 2.45) is 5.73 Å².